The molecule has 0 amide bonds. The van der Waals surface area contributed by atoms with Crippen LogP contribution in [0.1, 0.15) is 19.5 Å². The predicted molar refractivity (Wildman–Crippen MR) is 84.7 cm³/mol. The molecule has 0 atom stereocenters. The Kier molecular flexibility index (Phi) is 5.18. The summed E-state index contributed by atoms with van der Waals surface area (Å²) >= 11 is 0. The van der Waals surface area contributed by atoms with Crippen LogP contribution in [0.15, 0.2) is 36.4 Å². The van der Waals surface area contributed by atoms with Crippen molar-refractivity contribution in [2.24, 2.45) is 0 Å². The second kappa shape index (κ2) is 7.10. The van der Waals surface area contributed by atoms with Crippen LogP contribution in [0, 0.1) is 6.92 Å². The van der Waals surface area contributed by atoms with Crippen LogP contribution >= 0.6 is 0 Å². The van der Waals surface area contributed by atoms with Gasteiger partial charge in [0.25, 0.3) is 0 Å². The highest BCUT2D eigenvalue weighted by Gasteiger charge is 2.16. The number of hydrogen-bond donors (Lipinski definition) is 1. The number of nitrogens with one attached hydrogen (secondary N) is 1. The van der Waals surface area contributed by atoms with Crippen molar-refractivity contribution in [3.05, 3.63) is 42.1 Å². The first-order chi connectivity index (χ1) is 9.84. The number of hydrogen-bond acceptors (Lipinski definition) is 3. The van der Waals surface area contributed by atoms with Gasteiger partial charge in [-0.05, 0) is 19.1 Å². The van der Waals surface area contributed by atoms with Crippen LogP contribution in [0.25, 0.3) is 5.69 Å². The molecule has 0 spiro atoms. The topological polar surface area (TPSA) is 33.1 Å². The summed E-state index contributed by atoms with van der Waals surface area (Å²) in [6.07, 6.45) is 0. The highest BCUT2D eigenvalue weighted by atomic mass is 15.4. The van der Waals surface area contributed by atoms with E-state index < -0.39 is 0 Å². The van der Waals surface area contributed by atoms with Gasteiger partial charge in [0.05, 0.1) is 11.4 Å². The molecule has 108 valence electrons. The fraction of sp³-hybridized carbons (Fsp3) is 0.438. The first-order valence-electron chi connectivity index (χ1n) is 7.42. The molecular weight excluding hydrogens is 248 g/mol. The minimum Gasteiger partial charge on any atom is -0.354 e. The third-order valence-electron chi connectivity index (χ3n) is 3.25. The molecule has 0 saturated carbocycles. The van der Waals surface area contributed by atoms with Crippen LogP contribution in [-0.2, 0) is 0 Å². The molecule has 1 aromatic carbocycles. The smallest absolute Gasteiger partial charge is 0.132 e. The van der Waals surface area contributed by atoms with Crippen molar-refractivity contribution in [1.29, 1.82) is 0 Å². The molecular formula is C16H24N4. The molecule has 0 radical (unpaired) electrons. The number of piperazine rings is 1. The number of aryl methyl sites for hydroxylation is 1. The van der Waals surface area contributed by atoms with Gasteiger partial charge in [0.2, 0.25) is 0 Å². The van der Waals surface area contributed by atoms with Gasteiger partial charge in [0.1, 0.15) is 5.82 Å². The molecule has 1 N–H and O–H groups in total. The maximum absolute atomic E-state index is 4.61. The summed E-state index contributed by atoms with van der Waals surface area (Å²) in [6.45, 7) is 10.2. The lowest BCUT2D eigenvalue weighted by atomic mass is 10.3. The van der Waals surface area contributed by atoms with Crippen LogP contribution in [0.3, 0.4) is 0 Å². The minimum atomic E-state index is 1.04. The van der Waals surface area contributed by atoms with Gasteiger partial charge in [-0.3, -0.25) is 0 Å². The van der Waals surface area contributed by atoms with Crippen molar-refractivity contribution in [1.82, 2.24) is 15.1 Å². The molecule has 1 aliphatic rings. The number of anilines is 1. The standard InChI is InChI=1S/C14H18N4.C2H6/c1-12-11-14(17-9-7-15-8-10-17)18(16-12)13-5-3-2-4-6-13;1-2/h2-6,11,15H,7-10H2,1H3;1-2H3. The first-order valence-corrected chi connectivity index (χ1v) is 7.42. The highest BCUT2D eigenvalue weighted by Crippen LogP contribution is 2.21. The molecule has 4 heteroatoms. The van der Waals surface area contributed by atoms with Crippen LogP contribution in [-0.4, -0.2) is 36.0 Å². The van der Waals surface area contributed by atoms with Gasteiger partial charge in [-0.15, -0.1) is 0 Å². The molecule has 2 aromatic rings. The van der Waals surface area contributed by atoms with Gasteiger partial charge in [-0.1, -0.05) is 32.0 Å². The van der Waals surface area contributed by atoms with E-state index in [9.17, 15) is 0 Å². The Morgan fingerprint density at radius 3 is 2.35 bits per heavy atom. The fourth-order valence-electron chi connectivity index (χ4n) is 2.36. The molecule has 3 rings (SSSR count). The molecule has 4 nitrogen and oxygen atoms in total. The summed E-state index contributed by atoms with van der Waals surface area (Å²) in [5.41, 5.74) is 2.19. The van der Waals surface area contributed by atoms with E-state index in [2.05, 4.69) is 33.5 Å². The lowest BCUT2D eigenvalue weighted by molar-refractivity contribution is 0.579. The van der Waals surface area contributed by atoms with Crippen molar-refractivity contribution in [3.8, 4) is 5.69 Å². The molecule has 0 bridgehead atoms. The van der Waals surface area contributed by atoms with E-state index in [1.807, 2.05) is 43.7 Å². The van der Waals surface area contributed by atoms with Gasteiger partial charge >= 0.3 is 0 Å². The normalized spacial score (nSPS) is 14.7. The Bertz CT molecular complexity index is 513. The Labute approximate surface area is 121 Å². The molecule has 1 aliphatic heterocycles. The lowest BCUT2D eigenvalue weighted by Crippen LogP contribution is -2.44. The number of benzene rings is 1. The predicted octanol–water partition coefficient (Wildman–Crippen LogP) is 2.62. The van der Waals surface area contributed by atoms with E-state index in [0.29, 0.717) is 0 Å². The molecule has 0 aliphatic carbocycles. The second-order valence-corrected chi connectivity index (χ2v) is 4.63. The van der Waals surface area contributed by atoms with Crippen molar-refractivity contribution < 1.29 is 0 Å². The Morgan fingerprint density at radius 1 is 1.05 bits per heavy atom. The number of para-hydroxylation sites is 1. The molecule has 0 unspecified atom stereocenters. The average Bonchev–Trinajstić information content (AvgIpc) is 2.93. The van der Waals surface area contributed by atoms with Crippen LogP contribution < -0.4 is 10.2 Å². The zero-order valence-corrected chi connectivity index (χ0v) is 12.6. The lowest BCUT2D eigenvalue weighted by Gasteiger charge is -2.29. The van der Waals surface area contributed by atoms with E-state index in [0.717, 1.165) is 37.6 Å². The third-order valence-corrected chi connectivity index (χ3v) is 3.25. The quantitative estimate of drug-likeness (QED) is 0.912. The van der Waals surface area contributed by atoms with E-state index in [1.165, 1.54) is 5.82 Å². The van der Waals surface area contributed by atoms with Gasteiger partial charge in [-0.25, -0.2) is 4.68 Å². The fourth-order valence-corrected chi connectivity index (χ4v) is 2.36. The van der Waals surface area contributed by atoms with Crippen LogP contribution in [0.5, 0.6) is 0 Å². The maximum atomic E-state index is 4.61. The summed E-state index contributed by atoms with van der Waals surface area (Å²) in [7, 11) is 0. The molecule has 20 heavy (non-hydrogen) atoms. The zero-order chi connectivity index (χ0) is 14.4. The van der Waals surface area contributed by atoms with Crippen molar-refractivity contribution in [3.63, 3.8) is 0 Å². The Morgan fingerprint density at radius 2 is 1.70 bits per heavy atom. The van der Waals surface area contributed by atoms with E-state index in [-0.39, 0.29) is 0 Å². The third kappa shape index (κ3) is 3.20. The zero-order valence-electron chi connectivity index (χ0n) is 12.6. The maximum Gasteiger partial charge on any atom is 0.132 e. The van der Waals surface area contributed by atoms with Gasteiger partial charge in [0, 0.05) is 32.2 Å². The van der Waals surface area contributed by atoms with E-state index in [4.69, 9.17) is 0 Å². The second-order valence-electron chi connectivity index (χ2n) is 4.63. The molecule has 2 heterocycles. The molecule has 1 saturated heterocycles. The summed E-state index contributed by atoms with van der Waals surface area (Å²) < 4.78 is 2.04. The SMILES string of the molecule is CC.Cc1cc(N2CCNCC2)n(-c2ccccc2)n1. The Hall–Kier alpha value is -1.81. The van der Waals surface area contributed by atoms with Crippen molar-refractivity contribution in [2.45, 2.75) is 20.8 Å². The van der Waals surface area contributed by atoms with E-state index >= 15 is 0 Å². The monoisotopic (exact) mass is 272 g/mol. The summed E-state index contributed by atoms with van der Waals surface area (Å²) in [5.74, 6) is 1.19. The number of aromatic nitrogens is 2. The number of rotatable bonds is 2. The Balaban J connectivity index is 0.000000704. The van der Waals surface area contributed by atoms with Gasteiger partial charge in [0.15, 0.2) is 0 Å². The van der Waals surface area contributed by atoms with Gasteiger partial charge in [-0.2, -0.15) is 5.10 Å². The molecule has 1 fully saturated rings. The molecule has 1 aromatic heterocycles. The highest BCUT2D eigenvalue weighted by molar-refractivity contribution is 5.48. The summed E-state index contributed by atoms with van der Waals surface area (Å²) in [5, 5.41) is 7.99. The minimum absolute atomic E-state index is 1.04. The van der Waals surface area contributed by atoms with Crippen LogP contribution in [0.2, 0.25) is 0 Å². The number of nitrogens with zero attached hydrogens (tertiary/aromatic N) is 3. The first kappa shape index (κ1) is 14.6. The largest absolute Gasteiger partial charge is 0.354 e. The summed E-state index contributed by atoms with van der Waals surface area (Å²) in [6, 6.07) is 12.5. The van der Waals surface area contributed by atoms with Crippen LogP contribution in [0.4, 0.5) is 5.82 Å². The van der Waals surface area contributed by atoms with E-state index in [1.54, 1.807) is 0 Å². The van der Waals surface area contributed by atoms with Crippen molar-refractivity contribution >= 4 is 5.82 Å². The summed E-state index contributed by atoms with van der Waals surface area (Å²) in [4.78, 5) is 2.39. The van der Waals surface area contributed by atoms with Gasteiger partial charge < -0.3 is 10.2 Å². The average molecular weight is 272 g/mol. The van der Waals surface area contributed by atoms with Crippen molar-refractivity contribution in [2.75, 3.05) is 31.1 Å².